The van der Waals surface area contributed by atoms with Gasteiger partial charge in [0, 0.05) is 13.2 Å². The van der Waals surface area contributed by atoms with Crippen LogP contribution in [0.4, 0.5) is 9.18 Å². The molecule has 1 N–H and O–H groups in total. The Hall–Kier alpha value is -1.66. The molecule has 0 saturated heterocycles. The molecular weight excluding hydrogens is 277 g/mol. The van der Waals surface area contributed by atoms with Gasteiger partial charge in [-0.05, 0) is 31.4 Å². The number of carboxylic acid groups (broad SMARTS) is 1. The fourth-order valence-electron chi connectivity index (χ4n) is 2.22. The maximum absolute atomic E-state index is 13.7. The van der Waals surface area contributed by atoms with Crippen LogP contribution in [0.1, 0.15) is 25.8 Å². The first-order chi connectivity index (χ1) is 10.0. The number of ether oxygens (including phenoxy) is 2. The van der Waals surface area contributed by atoms with Gasteiger partial charge in [0.05, 0.1) is 0 Å². The molecule has 0 unspecified atom stereocenters. The van der Waals surface area contributed by atoms with Crippen LogP contribution >= 0.6 is 0 Å². The van der Waals surface area contributed by atoms with Gasteiger partial charge in [0.1, 0.15) is 18.8 Å². The van der Waals surface area contributed by atoms with Crippen molar-refractivity contribution in [1.29, 1.82) is 0 Å². The monoisotopic (exact) mass is 299 g/mol. The highest BCUT2D eigenvalue weighted by atomic mass is 19.1. The van der Waals surface area contributed by atoms with Gasteiger partial charge in [-0.2, -0.15) is 0 Å². The van der Waals surface area contributed by atoms with Crippen molar-refractivity contribution in [3.8, 4) is 0 Å². The molecule has 118 valence electrons. The van der Waals surface area contributed by atoms with E-state index in [0.29, 0.717) is 12.0 Å². The minimum Gasteiger partial charge on any atom is -0.465 e. The summed E-state index contributed by atoms with van der Waals surface area (Å²) in [4.78, 5) is 12.7. The summed E-state index contributed by atoms with van der Waals surface area (Å²) in [6.45, 7) is 3.57. The van der Waals surface area contributed by atoms with E-state index in [1.54, 1.807) is 25.1 Å². The molecule has 0 saturated carbocycles. The first-order valence-corrected chi connectivity index (χ1v) is 6.86. The zero-order chi connectivity index (χ0) is 15.8. The standard InChI is InChI=1S/C15H22FNO4/c1-4-14(21-10-20-3)17(15(18)19)11(2)9-12-7-5-6-8-13(12)16/h5-8,11,14H,4,9-10H2,1-3H3,(H,18,19)/t11-,14-/m0/s1. The van der Waals surface area contributed by atoms with Gasteiger partial charge in [-0.25, -0.2) is 9.18 Å². The molecule has 0 radical (unpaired) electrons. The van der Waals surface area contributed by atoms with Crippen LogP contribution in [0.2, 0.25) is 0 Å². The van der Waals surface area contributed by atoms with Gasteiger partial charge >= 0.3 is 6.09 Å². The van der Waals surface area contributed by atoms with Crippen LogP contribution in [0.5, 0.6) is 0 Å². The number of hydrogen-bond donors (Lipinski definition) is 1. The highest BCUT2D eigenvalue weighted by Crippen LogP contribution is 2.17. The third kappa shape index (κ3) is 4.99. The fraction of sp³-hybridized carbons (Fsp3) is 0.533. The number of hydrogen-bond acceptors (Lipinski definition) is 3. The maximum Gasteiger partial charge on any atom is 0.409 e. The number of rotatable bonds is 8. The van der Waals surface area contributed by atoms with E-state index in [4.69, 9.17) is 9.47 Å². The smallest absolute Gasteiger partial charge is 0.409 e. The minimum absolute atomic E-state index is 0.00864. The first-order valence-electron chi connectivity index (χ1n) is 6.86. The van der Waals surface area contributed by atoms with E-state index >= 15 is 0 Å². The van der Waals surface area contributed by atoms with Gasteiger partial charge in [-0.15, -0.1) is 0 Å². The highest BCUT2D eigenvalue weighted by molar-refractivity contribution is 5.65. The Morgan fingerprint density at radius 1 is 1.43 bits per heavy atom. The van der Waals surface area contributed by atoms with E-state index in [2.05, 4.69) is 0 Å². The fourth-order valence-corrected chi connectivity index (χ4v) is 2.22. The van der Waals surface area contributed by atoms with Crippen LogP contribution < -0.4 is 0 Å². The van der Waals surface area contributed by atoms with Gasteiger partial charge in [-0.1, -0.05) is 25.1 Å². The lowest BCUT2D eigenvalue weighted by atomic mass is 10.1. The van der Waals surface area contributed by atoms with Gasteiger partial charge in [-0.3, -0.25) is 4.90 Å². The Labute approximate surface area is 124 Å². The molecule has 1 aromatic rings. The Kier molecular flexibility index (Phi) is 7.11. The number of nitrogens with zero attached hydrogens (tertiary/aromatic N) is 1. The van der Waals surface area contributed by atoms with E-state index in [1.165, 1.54) is 18.1 Å². The molecule has 0 fully saturated rings. The number of carbonyl (C=O) groups is 1. The summed E-state index contributed by atoms with van der Waals surface area (Å²) < 4.78 is 23.9. The number of methoxy groups -OCH3 is 1. The van der Waals surface area contributed by atoms with E-state index < -0.39 is 18.4 Å². The summed E-state index contributed by atoms with van der Waals surface area (Å²) in [5.41, 5.74) is 0.484. The van der Waals surface area contributed by atoms with Crippen molar-refractivity contribution >= 4 is 6.09 Å². The van der Waals surface area contributed by atoms with Crippen LogP contribution in [-0.4, -0.2) is 42.3 Å². The molecule has 0 aliphatic heterocycles. The average molecular weight is 299 g/mol. The molecule has 0 heterocycles. The minimum atomic E-state index is -1.10. The number of benzene rings is 1. The zero-order valence-electron chi connectivity index (χ0n) is 12.6. The van der Waals surface area contributed by atoms with E-state index in [-0.39, 0.29) is 19.0 Å². The van der Waals surface area contributed by atoms with Crippen LogP contribution in [0.3, 0.4) is 0 Å². The second-order valence-electron chi connectivity index (χ2n) is 4.77. The van der Waals surface area contributed by atoms with Gasteiger partial charge in [0.2, 0.25) is 0 Å². The highest BCUT2D eigenvalue weighted by Gasteiger charge is 2.28. The lowest BCUT2D eigenvalue weighted by molar-refractivity contribution is -0.131. The van der Waals surface area contributed by atoms with Gasteiger partial charge in [0.25, 0.3) is 0 Å². The molecule has 1 amide bonds. The largest absolute Gasteiger partial charge is 0.465 e. The molecule has 0 spiro atoms. The van der Waals surface area contributed by atoms with E-state index in [1.807, 2.05) is 6.92 Å². The second-order valence-corrected chi connectivity index (χ2v) is 4.77. The number of amides is 1. The van der Waals surface area contributed by atoms with Crippen molar-refractivity contribution in [3.63, 3.8) is 0 Å². The summed E-state index contributed by atoms with van der Waals surface area (Å²) in [5, 5.41) is 9.40. The normalized spacial score (nSPS) is 13.7. The van der Waals surface area contributed by atoms with E-state index in [0.717, 1.165) is 0 Å². The summed E-state index contributed by atoms with van der Waals surface area (Å²) in [5.74, 6) is -0.333. The molecule has 5 nitrogen and oxygen atoms in total. The number of halogens is 1. The molecule has 2 atom stereocenters. The Morgan fingerprint density at radius 3 is 2.62 bits per heavy atom. The molecular formula is C15H22FNO4. The summed E-state index contributed by atoms with van der Waals surface area (Å²) in [7, 11) is 1.47. The van der Waals surface area contributed by atoms with Crippen LogP contribution in [0, 0.1) is 5.82 Å². The van der Waals surface area contributed by atoms with Crippen LogP contribution in [-0.2, 0) is 15.9 Å². The second kappa shape index (κ2) is 8.59. The quantitative estimate of drug-likeness (QED) is 0.749. The summed E-state index contributed by atoms with van der Waals surface area (Å²) in [6.07, 6.45) is -0.950. The van der Waals surface area contributed by atoms with E-state index in [9.17, 15) is 14.3 Å². The summed E-state index contributed by atoms with van der Waals surface area (Å²) in [6, 6.07) is 5.94. The predicted octanol–water partition coefficient (Wildman–Crippen LogP) is 3.09. The molecule has 0 aromatic heterocycles. The Balaban J connectivity index is 2.84. The lowest BCUT2D eigenvalue weighted by Gasteiger charge is -2.33. The predicted molar refractivity (Wildman–Crippen MR) is 76.5 cm³/mol. The molecule has 6 heteroatoms. The van der Waals surface area contributed by atoms with Gasteiger partial charge in [0.15, 0.2) is 0 Å². The van der Waals surface area contributed by atoms with Crippen molar-refractivity contribution < 1.29 is 23.8 Å². The molecule has 0 aliphatic rings. The zero-order valence-corrected chi connectivity index (χ0v) is 12.6. The molecule has 1 aromatic carbocycles. The lowest BCUT2D eigenvalue weighted by Crippen LogP contribution is -2.47. The maximum atomic E-state index is 13.7. The first kappa shape index (κ1) is 17.4. The van der Waals surface area contributed by atoms with Crippen molar-refractivity contribution in [2.75, 3.05) is 13.9 Å². The van der Waals surface area contributed by atoms with Crippen molar-refractivity contribution in [3.05, 3.63) is 35.6 Å². The van der Waals surface area contributed by atoms with Crippen molar-refractivity contribution in [1.82, 2.24) is 4.90 Å². The summed E-state index contributed by atoms with van der Waals surface area (Å²) >= 11 is 0. The van der Waals surface area contributed by atoms with Crippen LogP contribution in [0.15, 0.2) is 24.3 Å². The topological polar surface area (TPSA) is 59.0 Å². The average Bonchev–Trinajstić information content (AvgIpc) is 2.45. The Bertz CT molecular complexity index is 455. The third-order valence-corrected chi connectivity index (χ3v) is 3.21. The Morgan fingerprint density at radius 2 is 2.10 bits per heavy atom. The van der Waals surface area contributed by atoms with Crippen LogP contribution in [0.25, 0.3) is 0 Å². The third-order valence-electron chi connectivity index (χ3n) is 3.21. The molecule has 21 heavy (non-hydrogen) atoms. The molecule has 1 rings (SSSR count). The molecule has 0 bridgehead atoms. The SMILES string of the molecule is CC[C@H](OCOC)N(C(=O)O)[C@@H](C)Cc1ccccc1F. The van der Waals surface area contributed by atoms with Crippen molar-refractivity contribution in [2.24, 2.45) is 0 Å². The molecule has 0 aliphatic carbocycles. The van der Waals surface area contributed by atoms with Crippen molar-refractivity contribution in [2.45, 2.75) is 39.0 Å². The van der Waals surface area contributed by atoms with Gasteiger partial charge < -0.3 is 14.6 Å².